The molecule has 3 rings (SSSR count). The van der Waals surface area contributed by atoms with Crippen LogP contribution in [0.2, 0.25) is 10.0 Å². The largest absolute Gasteiger partial charge is 0.482 e. The second kappa shape index (κ2) is 6.97. The van der Waals surface area contributed by atoms with Gasteiger partial charge in [-0.1, -0.05) is 29.3 Å². The average Bonchev–Trinajstić information content (AvgIpc) is 2.56. The number of ether oxygens (including phenoxy) is 2. The van der Waals surface area contributed by atoms with Crippen LogP contribution < -0.4 is 4.74 Å². The van der Waals surface area contributed by atoms with Gasteiger partial charge in [-0.3, -0.25) is 10.1 Å². The Kier molecular flexibility index (Phi) is 4.94. The molecular formula is C17H15Cl2NO4. The molecule has 5 nitrogen and oxygen atoms in total. The van der Waals surface area contributed by atoms with E-state index in [2.05, 4.69) is 0 Å². The van der Waals surface area contributed by atoms with Crippen molar-refractivity contribution in [3.05, 3.63) is 68.2 Å². The zero-order valence-corrected chi connectivity index (χ0v) is 14.2. The van der Waals surface area contributed by atoms with Crippen LogP contribution in [0.15, 0.2) is 42.5 Å². The number of halogens is 2. The van der Waals surface area contributed by atoms with E-state index in [-0.39, 0.29) is 5.69 Å². The number of rotatable bonds is 4. The summed E-state index contributed by atoms with van der Waals surface area (Å²) in [5, 5.41) is 11.9. The molecule has 7 heteroatoms. The molecule has 1 aliphatic heterocycles. The second-order valence-corrected chi connectivity index (χ2v) is 6.43. The fourth-order valence-electron chi connectivity index (χ4n) is 2.85. The van der Waals surface area contributed by atoms with Crippen LogP contribution in [0.5, 0.6) is 5.75 Å². The smallest absolute Gasteiger partial charge is 0.269 e. The van der Waals surface area contributed by atoms with Gasteiger partial charge in [-0.25, -0.2) is 0 Å². The lowest BCUT2D eigenvalue weighted by molar-refractivity contribution is -0.384. The maximum atomic E-state index is 10.8. The van der Waals surface area contributed by atoms with Gasteiger partial charge < -0.3 is 9.47 Å². The highest BCUT2D eigenvalue weighted by molar-refractivity contribution is 6.35. The first kappa shape index (κ1) is 17.0. The Morgan fingerprint density at radius 1 is 1.08 bits per heavy atom. The van der Waals surface area contributed by atoms with Gasteiger partial charge in [-0.15, -0.1) is 0 Å². The second-order valence-electron chi connectivity index (χ2n) is 5.58. The van der Waals surface area contributed by atoms with Gasteiger partial charge in [-0.2, -0.15) is 0 Å². The molecule has 0 spiro atoms. The lowest BCUT2D eigenvalue weighted by Gasteiger charge is -2.38. The van der Waals surface area contributed by atoms with E-state index in [0.29, 0.717) is 41.9 Å². The number of nitro benzene ring substituents is 1. The minimum absolute atomic E-state index is 0.0212. The fourth-order valence-corrected chi connectivity index (χ4v) is 3.43. The third-order valence-electron chi connectivity index (χ3n) is 4.08. The molecule has 0 amide bonds. The third kappa shape index (κ3) is 3.48. The van der Waals surface area contributed by atoms with Crippen molar-refractivity contribution in [3.8, 4) is 5.75 Å². The van der Waals surface area contributed by atoms with E-state index < -0.39 is 10.5 Å². The summed E-state index contributed by atoms with van der Waals surface area (Å²) in [6.07, 6.45) is 1.26. The first-order chi connectivity index (χ1) is 11.5. The summed E-state index contributed by atoms with van der Waals surface area (Å²) in [4.78, 5) is 10.3. The fraction of sp³-hybridized carbons (Fsp3) is 0.294. The molecule has 126 valence electrons. The Morgan fingerprint density at radius 2 is 1.75 bits per heavy atom. The number of nitro groups is 1. The topological polar surface area (TPSA) is 61.6 Å². The number of benzene rings is 2. The normalized spacial score (nSPS) is 16.6. The quantitative estimate of drug-likeness (QED) is 0.564. The molecule has 0 aromatic heterocycles. The van der Waals surface area contributed by atoms with Crippen LogP contribution in [0.1, 0.15) is 18.4 Å². The lowest BCUT2D eigenvalue weighted by atomic mass is 9.86. The molecule has 0 N–H and O–H groups in total. The van der Waals surface area contributed by atoms with Gasteiger partial charge in [0, 0.05) is 40.6 Å². The molecule has 0 bridgehead atoms. The van der Waals surface area contributed by atoms with E-state index in [1.165, 1.54) is 12.1 Å². The number of non-ortho nitro benzene ring substituents is 1. The first-order valence-electron chi connectivity index (χ1n) is 7.47. The Labute approximate surface area is 149 Å². The van der Waals surface area contributed by atoms with E-state index >= 15 is 0 Å². The maximum absolute atomic E-state index is 10.8. The SMILES string of the molecule is O=[N+]([O-])c1ccc(OC2(c3ccc(Cl)cc3Cl)CCOCC2)cc1. The van der Waals surface area contributed by atoms with Gasteiger partial charge in [0.05, 0.1) is 18.1 Å². The standard InChI is InChI=1S/C17H15Cl2NO4/c18-12-1-6-15(16(19)11-12)17(7-9-23-10-8-17)24-14-4-2-13(3-5-14)20(21)22/h1-6,11H,7-10H2. The van der Waals surface area contributed by atoms with Crippen LogP contribution in [-0.4, -0.2) is 18.1 Å². The Balaban J connectivity index is 1.95. The molecule has 0 aliphatic carbocycles. The zero-order chi connectivity index (χ0) is 17.2. The van der Waals surface area contributed by atoms with Crippen molar-refractivity contribution in [2.75, 3.05) is 13.2 Å². The number of hydrogen-bond acceptors (Lipinski definition) is 4. The molecule has 2 aromatic carbocycles. The van der Waals surface area contributed by atoms with Gasteiger partial charge in [0.2, 0.25) is 0 Å². The Bertz CT molecular complexity index is 743. The van der Waals surface area contributed by atoms with Crippen LogP contribution in [0, 0.1) is 10.1 Å². The van der Waals surface area contributed by atoms with Crippen molar-refractivity contribution in [1.29, 1.82) is 0 Å². The highest BCUT2D eigenvalue weighted by Gasteiger charge is 2.38. The molecule has 0 radical (unpaired) electrons. The molecule has 0 atom stereocenters. The highest BCUT2D eigenvalue weighted by Crippen LogP contribution is 2.41. The van der Waals surface area contributed by atoms with Crippen LogP contribution in [0.3, 0.4) is 0 Å². The zero-order valence-electron chi connectivity index (χ0n) is 12.7. The molecule has 1 fully saturated rings. The van der Waals surface area contributed by atoms with Crippen molar-refractivity contribution >= 4 is 28.9 Å². The number of hydrogen-bond donors (Lipinski definition) is 0. The van der Waals surface area contributed by atoms with E-state index in [1.54, 1.807) is 24.3 Å². The molecule has 0 saturated carbocycles. The van der Waals surface area contributed by atoms with Crippen LogP contribution in [-0.2, 0) is 10.3 Å². The lowest BCUT2D eigenvalue weighted by Crippen LogP contribution is -2.39. The Morgan fingerprint density at radius 3 is 2.33 bits per heavy atom. The summed E-state index contributed by atoms with van der Waals surface area (Å²) in [7, 11) is 0. The summed E-state index contributed by atoms with van der Waals surface area (Å²) in [5.41, 5.74) is 0.221. The Hall–Kier alpha value is -1.82. The summed E-state index contributed by atoms with van der Waals surface area (Å²) in [5.74, 6) is 0.550. The monoisotopic (exact) mass is 367 g/mol. The minimum Gasteiger partial charge on any atom is -0.482 e. The summed E-state index contributed by atoms with van der Waals surface area (Å²) >= 11 is 12.4. The van der Waals surface area contributed by atoms with Crippen LogP contribution in [0.4, 0.5) is 5.69 Å². The summed E-state index contributed by atoms with van der Waals surface area (Å²) in [6.45, 7) is 1.10. The molecule has 1 saturated heterocycles. The van der Waals surface area contributed by atoms with Crippen LogP contribution in [0.25, 0.3) is 0 Å². The highest BCUT2D eigenvalue weighted by atomic mass is 35.5. The van der Waals surface area contributed by atoms with E-state index in [9.17, 15) is 10.1 Å². The average molecular weight is 368 g/mol. The minimum atomic E-state index is -0.643. The molecule has 24 heavy (non-hydrogen) atoms. The number of nitrogens with zero attached hydrogens (tertiary/aromatic N) is 1. The summed E-state index contributed by atoms with van der Waals surface area (Å²) in [6, 6.07) is 11.4. The molecule has 0 unspecified atom stereocenters. The molecule has 1 aliphatic rings. The predicted molar refractivity (Wildman–Crippen MR) is 91.9 cm³/mol. The van der Waals surface area contributed by atoms with E-state index in [0.717, 1.165) is 5.56 Å². The van der Waals surface area contributed by atoms with Gasteiger partial charge in [0.1, 0.15) is 11.4 Å². The van der Waals surface area contributed by atoms with Gasteiger partial charge in [0.25, 0.3) is 5.69 Å². The van der Waals surface area contributed by atoms with Gasteiger partial charge in [-0.05, 0) is 24.3 Å². The molecule has 2 aromatic rings. The molecular weight excluding hydrogens is 353 g/mol. The van der Waals surface area contributed by atoms with E-state index in [4.69, 9.17) is 32.7 Å². The predicted octanol–water partition coefficient (Wildman–Crippen LogP) is 4.99. The van der Waals surface area contributed by atoms with Gasteiger partial charge in [0.15, 0.2) is 0 Å². The van der Waals surface area contributed by atoms with Crippen molar-refractivity contribution in [2.45, 2.75) is 18.4 Å². The maximum Gasteiger partial charge on any atom is 0.269 e. The van der Waals surface area contributed by atoms with E-state index in [1.807, 2.05) is 6.07 Å². The van der Waals surface area contributed by atoms with Gasteiger partial charge >= 0.3 is 0 Å². The van der Waals surface area contributed by atoms with Crippen molar-refractivity contribution in [3.63, 3.8) is 0 Å². The van der Waals surface area contributed by atoms with Crippen molar-refractivity contribution in [2.24, 2.45) is 0 Å². The third-order valence-corrected chi connectivity index (χ3v) is 4.63. The summed E-state index contributed by atoms with van der Waals surface area (Å²) < 4.78 is 11.7. The first-order valence-corrected chi connectivity index (χ1v) is 8.22. The van der Waals surface area contributed by atoms with Crippen molar-refractivity contribution in [1.82, 2.24) is 0 Å². The molecule has 1 heterocycles. The van der Waals surface area contributed by atoms with Crippen LogP contribution >= 0.6 is 23.2 Å². The van der Waals surface area contributed by atoms with Crippen molar-refractivity contribution < 1.29 is 14.4 Å².